The highest BCUT2D eigenvalue weighted by Gasteiger charge is 2.18. The molecule has 0 aromatic heterocycles. The zero-order valence-electron chi connectivity index (χ0n) is 9.30. The minimum atomic E-state index is 0.137. The first-order valence-electron chi connectivity index (χ1n) is 6.10. The highest BCUT2D eigenvalue weighted by Crippen LogP contribution is 2.11. The molecule has 4 nitrogen and oxygen atoms in total. The van der Waals surface area contributed by atoms with Gasteiger partial charge in [-0.1, -0.05) is 0 Å². The number of hydrogen-bond donors (Lipinski definition) is 2. The fourth-order valence-electron chi connectivity index (χ4n) is 2.38. The van der Waals surface area contributed by atoms with E-state index in [2.05, 4.69) is 10.6 Å². The standard InChI is InChI=1S/C11H21N3O/c15-11(14-7-1-2-8-14)13-6-4-10-3-5-12-9-10/h10,12H,1-9H2,(H,13,15). The highest BCUT2D eigenvalue weighted by atomic mass is 16.2. The van der Waals surface area contributed by atoms with Crippen LogP contribution in [0.25, 0.3) is 0 Å². The summed E-state index contributed by atoms with van der Waals surface area (Å²) in [5.74, 6) is 0.767. The maximum atomic E-state index is 11.6. The molecule has 2 heterocycles. The second kappa shape index (κ2) is 5.35. The SMILES string of the molecule is O=C(NCCC1CCNC1)N1CCCC1. The van der Waals surface area contributed by atoms with E-state index in [-0.39, 0.29) is 6.03 Å². The van der Waals surface area contributed by atoms with Crippen molar-refractivity contribution in [1.82, 2.24) is 15.5 Å². The molecule has 0 radical (unpaired) electrons. The van der Waals surface area contributed by atoms with Gasteiger partial charge in [0.1, 0.15) is 0 Å². The second-order valence-corrected chi connectivity index (χ2v) is 4.57. The van der Waals surface area contributed by atoms with Gasteiger partial charge in [0.05, 0.1) is 0 Å². The van der Waals surface area contributed by atoms with E-state index in [9.17, 15) is 4.79 Å². The Morgan fingerprint density at radius 3 is 2.87 bits per heavy atom. The largest absolute Gasteiger partial charge is 0.338 e. The van der Waals surface area contributed by atoms with Crippen molar-refractivity contribution in [2.45, 2.75) is 25.7 Å². The van der Waals surface area contributed by atoms with Crippen molar-refractivity contribution >= 4 is 6.03 Å². The summed E-state index contributed by atoms with van der Waals surface area (Å²) in [4.78, 5) is 13.5. The summed E-state index contributed by atoms with van der Waals surface area (Å²) >= 11 is 0. The Balaban J connectivity index is 1.58. The molecule has 2 N–H and O–H groups in total. The maximum Gasteiger partial charge on any atom is 0.317 e. The smallest absolute Gasteiger partial charge is 0.317 e. The van der Waals surface area contributed by atoms with Gasteiger partial charge in [-0.15, -0.1) is 0 Å². The monoisotopic (exact) mass is 211 g/mol. The Bertz CT molecular complexity index is 208. The molecule has 0 aromatic rings. The zero-order valence-corrected chi connectivity index (χ0v) is 9.30. The molecule has 2 saturated heterocycles. The van der Waals surface area contributed by atoms with Crippen LogP contribution in [0.5, 0.6) is 0 Å². The van der Waals surface area contributed by atoms with Gasteiger partial charge in [-0.05, 0) is 44.7 Å². The predicted molar refractivity (Wildman–Crippen MR) is 59.8 cm³/mol. The number of nitrogens with zero attached hydrogens (tertiary/aromatic N) is 1. The lowest BCUT2D eigenvalue weighted by atomic mass is 10.1. The predicted octanol–water partition coefficient (Wildman–Crippen LogP) is 0.791. The average Bonchev–Trinajstić information content (AvgIpc) is 2.90. The summed E-state index contributed by atoms with van der Waals surface area (Å²) < 4.78 is 0. The van der Waals surface area contributed by atoms with Crippen LogP contribution in [-0.2, 0) is 0 Å². The van der Waals surface area contributed by atoms with Gasteiger partial charge in [0, 0.05) is 19.6 Å². The molecule has 2 aliphatic heterocycles. The van der Waals surface area contributed by atoms with Crippen molar-refractivity contribution in [3.63, 3.8) is 0 Å². The summed E-state index contributed by atoms with van der Waals surface area (Å²) in [5, 5.41) is 6.35. The van der Waals surface area contributed by atoms with E-state index in [0.29, 0.717) is 0 Å². The molecule has 2 rings (SSSR count). The third-order valence-corrected chi connectivity index (χ3v) is 3.38. The minimum absolute atomic E-state index is 0.137. The van der Waals surface area contributed by atoms with Crippen LogP contribution in [0.2, 0.25) is 0 Å². The number of urea groups is 1. The Kier molecular flexibility index (Phi) is 3.83. The van der Waals surface area contributed by atoms with Crippen LogP contribution in [0.4, 0.5) is 4.79 Å². The molecule has 86 valence electrons. The van der Waals surface area contributed by atoms with Crippen LogP contribution in [0.1, 0.15) is 25.7 Å². The van der Waals surface area contributed by atoms with E-state index in [4.69, 9.17) is 0 Å². The summed E-state index contributed by atoms with van der Waals surface area (Å²) in [6.07, 6.45) is 4.71. The Hall–Kier alpha value is -0.770. The Morgan fingerprint density at radius 1 is 1.40 bits per heavy atom. The van der Waals surface area contributed by atoms with Crippen molar-refractivity contribution in [2.24, 2.45) is 5.92 Å². The molecular formula is C11H21N3O. The van der Waals surface area contributed by atoms with Crippen LogP contribution >= 0.6 is 0 Å². The van der Waals surface area contributed by atoms with Crippen molar-refractivity contribution in [2.75, 3.05) is 32.7 Å². The Morgan fingerprint density at radius 2 is 2.20 bits per heavy atom. The van der Waals surface area contributed by atoms with Crippen LogP contribution < -0.4 is 10.6 Å². The molecular weight excluding hydrogens is 190 g/mol. The minimum Gasteiger partial charge on any atom is -0.338 e. The number of carbonyl (C=O) groups is 1. The van der Waals surface area contributed by atoms with Gasteiger partial charge < -0.3 is 15.5 Å². The first-order valence-corrected chi connectivity index (χ1v) is 6.10. The van der Waals surface area contributed by atoms with Gasteiger partial charge >= 0.3 is 6.03 Å². The third-order valence-electron chi connectivity index (χ3n) is 3.38. The second-order valence-electron chi connectivity index (χ2n) is 4.57. The first kappa shape index (κ1) is 10.7. The average molecular weight is 211 g/mol. The zero-order chi connectivity index (χ0) is 10.5. The first-order chi connectivity index (χ1) is 7.36. The lowest BCUT2D eigenvalue weighted by Crippen LogP contribution is -2.38. The number of hydrogen-bond acceptors (Lipinski definition) is 2. The maximum absolute atomic E-state index is 11.6. The summed E-state index contributed by atoms with van der Waals surface area (Å²) in [5.41, 5.74) is 0. The molecule has 0 bridgehead atoms. The third kappa shape index (κ3) is 3.09. The summed E-state index contributed by atoms with van der Waals surface area (Å²) in [6.45, 7) is 4.99. The fraction of sp³-hybridized carbons (Fsp3) is 0.909. The molecule has 0 saturated carbocycles. The molecule has 1 atom stereocenters. The van der Waals surface area contributed by atoms with Crippen LogP contribution in [0.3, 0.4) is 0 Å². The van der Waals surface area contributed by atoms with E-state index in [1.807, 2.05) is 4.90 Å². The highest BCUT2D eigenvalue weighted by molar-refractivity contribution is 5.74. The number of nitrogens with one attached hydrogen (secondary N) is 2. The van der Waals surface area contributed by atoms with E-state index in [1.54, 1.807) is 0 Å². The Labute approximate surface area is 91.4 Å². The van der Waals surface area contributed by atoms with E-state index < -0.39 is 0 Å². The van der Waals surface area contributed by atoms with E-state index in [1.165, 1.54) is 19.3 Å². The molecule has 15 heavy (non-hydrogen) atoms. The van der Waals surface area contributed by atoms with Crippen LogP contribution in [-0.4, -0.2) is 43.7 Å². The van der Waals surface area contributed by atoms with Gasteiger partial charge in [-0.25, -0.2) is 4.79 Å². The van der Waals surface area contributed by atoms with Crippen molar-refractivity contribution in [3.05, 3.63) is 0 Å². The fourth-order valence-corrected chi connectivity index (χ4v) is 2.38. The number of likely N-dealkylation sites (tertiary alicyclic amines) is 1. The molecule has 0 aliphatic carbocycles. The molecule has 2 aliphatic rings. The van der Waals surface area contributed by atoms with E-state index >= 15 is 0 Å². The molecule has 4 heteroatoms. The molecule has 2 amide bonds. The summed E-state index contributed by atoms with van der Waals surface area (Å²) in [7, 11) is 0. The lowest BCUT2D eigenvalue weighted by molar-refractivity contribution is 0.208. The van der Waals surface area contributed by atoms with Gasteiger partial charge in [-0.2, -0.15) is 0 Å². The van der Waals surface area contributed by atoms with Crippen molar-refractivity contribution in [3.8, 4) is 0 Å². The van der Waals surface area contributed by atoms with Gasteiger partial charge in [0.15, 0.2) is 0 Å². The van der Waals surface area contributed by atoms with Gasteiger partial charge in [0.2, 0.25) is 0 Å². The number of amides is 2. The van der Waals surface area contributed by atoms with Crippen LogP contribution in [0, 0.1) is 5.92 Å². The number of carbonyl (C=O) groups excluding carboxylic acids is 1. The molecule has 0 aromatic carbocycles. The molecule has 0 spiro atoms. The number of rotatable bonds is 3. The normalized spacial score (nSPS) is 25.9. The molecule has 1 unspecified atom stereocenters. The van der Waals surface area contributed by atoms with Crippen LogP contribution in [0.15, 0.2) is 0 Å². The van der Waals surface area contributed by atoms with Gasteiger partial charge in [-0.3, -0.25) is 0 Å². The van der Waals surface area contributed by atoms with E-state index in [0.717, 1.165) is 45.1 Å². The lowest BCUT2D eigenvalue weighted by Gasteiger charge is -2.17. The van der Waals surface area contributed by atoms with Crippen molar-refractivity contribution < 1.29 is 4.79 Å². The topological polar surface area (TPSA) is 44.4 Å². The van der Waals surface area contributed by atoms with Gasteiger partial charge in [0.25, 0.3) is 0 Å². The summed E-state index contributed by atoms with van der Waals surface area (Å²) in [6, 6.07) is 0.137. The van der Waals surface area contributed by atoms with Crippen molar-refractivity contribution in [1.29, 1.82) is 0 Å². The molecule has 2 fully saturated rings. The quantitative estimate of drug-likeness (QED) is 0.725.